The Bertz CT molecular complexity index is 844. The summed E-state index contributed by atoms with van der Waals surface area (Å²) in [7, 11) is -5.11. The van der Waals surface area contributed by atoms with Crippen molar-refractivity contribution in [1.29, 1.82) is 0 Å². The Morgan fingerprint density at radius 3 is 2.15 bits per heavy atom. The van der Waals surface area contributed by atoms with Gasteiger partial charge in [-0.3, -0.25) is 9.59 Å². The highest BCUT2D eigenvalue weighted by Crippen LogP contribution is 2.22. The number of nitrogens with zero attached hydrogens (tertiary/aromatic N) is 1. The van der Waals surface area contributed by atoms with Crippen LogP contribution >= 0.6 is 0 Å². The van der Waals surface area contributed by atoms with Crippen LogP contribution in [-0.4, -0.2) is 49.0 Å². The number of anilines is 1. The van der Waals surface area contributed by atoms with Crippen molar-refractivity contribution in [2.75, 3.05) is 17.3 Å². The summed E-state index contributed by atoms with van der Waals surface area (Å²) in [5, 5.41) is 0. The second kappa shape index (κ2) is 7.30. The van der Waals surface area contributed by atoms with Crippen molar-refractivity contribution in [1.82, 2.24) is 0 Å². The van der Waals surface area contributed by atoms with Gasteiger partial charge in [0.1, 0.15) is 15.9 Å². The predicted octanol–water partition coefficient (Wildman–Crippen LogP) is 0.843. The fourth-order valence-corrected chi connectivity index (χ4v) is 2.77. The fraction of sp³-hybridized carbons (Fsp3) is 0.267. The van der Waals surface area contributed by atoms with Gasteiger partial charge in [-0.05, 0) is 24.3 Å². The quantitative estimate of drug-likeness (QED) is 0.385. The second-order valence-electron chi connectivity index (χ2n) is 5.34. The topological polar surface area (TPSA) is 121 Å². The Balaban J connectivity index is 1.92. The molecule has 0 fully saturated rings. The summed E-state index contributed by atoms with van der Waals surface area (Å²) in [6.45, 7) is -0.796. The Labute approximate surface area is 146 Å². The van der Waals surface area contributed by atoms with Gasteiger partial charge in [-0.15, -0.1) is 0 Å². The van der Waals surface area contributed by atoms with E-state index in [1.54, 1.807) is 0 Å². The molecule has 0 spiro atoms. The third kappa shape index (κ3) is 5.17. The number of halogens is 2. The van der Waals surface area contributed by atoms with Crippen LogP contribution in [0.2, 0.25) is 0 Å². The van der Waals surface area contributed by atoms with E-state index in [0.717, 1.165) is 17.1 Å². The zero-order chi connectivity index (χ0) is 19.5. The highest BCUT2D eigenvalue weighted by molar-refractivity contribution is 7.85. The second-order valence-corrected chi connectivity index (χ2v) is 6.74. The zero-order valence-electron chi connectivity index (χ0n) is 13.1. The Kier molecular flexibility index (Phi) is 5.52. The molecule has 1 aliphatic rings. The van der Waals surface area contributed by atoms with E-state index in [-0.39, 0.29) is 11.3 Å². The van der Waals surface area contributed by atoms with Crippen molar-refractivity contribution in [3.63, 3.8) is 0 Å². The molecule has 0 saturated carbocycles. The molecule has 1 aliphatic heterocycles. The van der Waals surface area contributed by atoms with Gasteiger partial charge in [-0.2, -0.15) is 0 Å². The van der Waals surface area contributed by atoms with Gasteiger partial charge in [0.15, 0.2) is 0 Å². The lowest BCUT2D eigenvalue weighted by Crippen LogP contribution is -2.29. The number of benzene rings is 1. The van der Waals surface area contributed by atoms with Crippen molar-refractivity contribution in [2.45, 2.75) is 12.3 Å². The Hall–Kier alpha value is -2.66. The largest absolute Gasteiger partial charge is 0.748 e. The number of alkyl halides is 2. The van der Waals surface area contributed by atoms with Crippen LogP contribution in [0, 0.1) is 0 Å². The molecule has 2 amide bonds. The van der Waals surface area contributed by atoms with E-state index in [0.29, 0.717) is 0 Å². The summed E-state index contributed by atoms with van der Waals surface area (Å²) < 4.78 is 62.1. The van der Waals surface area contributed by atoms with Crippen molar-refractivity contribution >= 4 is 33.6 Å². The molecular formula is C15H12F2NO7S-. The highest BCUT2D eigenvalue weighted by Gasteiger charge is 2.32. The predicted molar refractivity (Wildman–Crippen MR) is 82.5 cm³/mol. The van der Waals surface area contributed by atoms with Gasteiger partial charge >= 0.3 is 5.97 Å². The van der Waals surface area contributed by atoms with E-state index < -0.39 is 52.6 Å². The average molecular weight is 388 g/mol. The van der Waals surface area contributed by atoms with E-state index in [9.17, 15) is 36.1 Å². The molecule has 26 heavy (non-hydrogen) atoms. The summed E-state index contributed by atoms with van der Waals surface area (Å²) in [4.78, 5) is 35.7. The molecular weight excluding hydrogens is 376 g/mol. The molecule has 0 saturated heterocycles. The van der Waals surface area contributed by atoms with Gasteiger partial charge in [-0.25, -0.2) is 26.9 Å². The first-order valence-electron chi connectivity index (χ1n) is 7.13. The molecule has 0 atom stereocenters. The smallest absolute Gasteiger partial charge is 0.338 e. The summed E-state index contributed by atoms with van der Waals surface area (Å²) in [6.07, 6.45) is 1.06. The molecule has 0 aromatic heterocycles. The minimum absolute atomic E-state index is 0.0273. The summed E-state index contributed by atoms with van der Waals surface area (Å²) >= 11 is 0. The first kappa shape index (κ1) is 19.7. The minimum atomic E-state index is -5.11. The van der Waals surface area contributed by atoms with Crippen LogP contribution in [0.4, 0.5) is 14.5 Å². The van der Waals surface area contributed by atoms with Crippen molar-refractivity contribution in [2.24, 2.45) is 0 Å². The van der Waals surface area contributed by atoms with Gasteiger partial charge in [0.25, 0.3) is 17.7 Å². The van der Waals surface area contributed by atoms with Crippen LogP contribution in [-0.2, 0) is 24.4 Å². The maximum Gasteiger partial charge on any atom is 0.338 e. The molecule has 2 rings (SSSR count). The number of amides is 2. The van der Waals surface area contributed by atoms with Gasteiger partial charge in [-0.1, -0.05) is 0 Å². The minimum Gasteiger partial charge on any atom is -0.748 e. The van der Waals surface area contributed by atoms with Gasteiger partial charge in [0.2, 0.25) is 0 Å². The average Bonchev–Trinajstić information content (AvgIpc) is 2.83. The monoisotopic (exact) mass is 388 g/mol. The maximum absolute atomic E-state index is 13.2. The Morgan fingerprint density at radius 2 is 1.65 bits per heavy atom. The number of ether oxygens (including phenoxy) is 1. The molecule has 0 radical (unpaired) electrons. The number of hydrogen-bond donors (Lipinski definition) is 0. The molecule has 0 unspecified atom stereocenters. The van der Waals surface area contributed by atoms with E-state index in [1.165, 1.54) is 24.3 Å². The molecule has 0 bridgehead atoms. The van der Waals surface area contributed by atoms with E-state index in [1.807, 2.05) is 0 Å². The lowest BCUT2D eigenvalue weighted by atomic mass is 10.2. The third-order valence-electron chi connectivity index (χ3n) is 3.26. The molecule has 140 valence electrons. The van der Waals surface area contributed by atoms with Crippen molar-refractivity contribution in [3.8, 4) is 0 Å². The van der Waals surface area contributed by atoms with Crippen LogP contribution in [0.15, 0.2) is 36.4 Å². The van der Waals surface area contributed by atoms with Crippen LogP contribution < -0.4 is 4.90 Å². The van der Waals surface area contributed by atoms with E-state index >= 15 is 0 Å². The number of esters is 1. The first-order valence-corrected chi connectivity index (χ1v) is 8.71. The number of rotatable bonds is 7. The van der Waals surface area contributed by atoms with Gasteiger partial charge in [0.05, 0.1) is 17.9 Å². The van der Waals surface area contributed by atoms with Crippen molar-refractivity contribution in [3.05, 3.63) is 42.0 Å². The zero-order valence-corrected chi connectivity index (χ0v) is 13.9. The lowest BCUT2D eigenvalue weighted by Gasteiger charge is -2.18. The number of carbonyl (C=O) groups is 3. The molecule has 1 aromatic carbocycles. The Morgan fingerprint density at radius 1 is 1.12 bits per heavy atom. The summed E-state index contributed by atoms with van der Waals surface area (Å²) in [5.41, 5.74) is 0.189. The van der Waals surface area contributed by atoms with Gasteiger partial charge in [0, 0.05) is 18.6 Å². The molecule has 0 aliphatic carbocycles. The standard InChI is InChI=1S/C15H13F2NO7S/c16-15(17,9-26(22,23)24)7-8-25-14(21)10-1-3-11(4-2-10)18-12(19)5-6-13(18)20/h1-6H,7-9H2,(H,22,23,24)/p-1. The lowest BCUT2D eigenvalue weighted by molar-refractivity contribution is -0.120. The summed E-state index contributed by atoms with van der Waals surface area (Å²) in [5.74, 6) is -7.73. The van der Waals surface area contributed by atoms with Gasteiger partial charge < -0.3 is 9.29 Å². The number of hydrogen-bond acceptors (Lipinski definition) is 7. The first-order chi connectivity index (χ1) is 12.0. The van der Waals surface area contributed by atoms with Crippen LogP contribution in [0.3, 0.4) is 0 Å². The highest BCUT2D eigenvalue weighted by atomic mass is 32.2. The third-order valence-corrected chi connectivity index (χ3v) is 4.04. The fourth-order valence-electron chi connectivity index (χ4n) is 2.11. The summed E-state index contributed by atoms with van der Waals surface area (Å²) in [6, 6.07) is 5.07. The van der Waals surface area contributed by atoms with Crippen LogP contribution in [0.1, 0.15) is 16.8 Å². The number of imide groups is 1. The molecule has 1 heterocycles. The van der Waals surface area contributed by atoms with Crippen molar-refractivity contribution < 1.29 is 40.9 Å². The number of carbonyl (C=O) groups excluding carboxylic acids is 3. The SMILES string of the molecule is O=C(OCCC(F)(F)CS(=O)(=O)[O-])c1ccc(N2C(=O)C=CC2=O)cc1. The van der Waals surface area contributed by atoms with Crippen LogP contribution in [0.25, 0.3) is 0 Å². The molecule has 0 N–H and O–H groups in total. The normalized spacial score (nSPS) is 14.8. The van der Waals surface area contributed by atoms with Crippen LogP contribution in [0.5, 0.6) is 0 Å². The maximum atomic E-state index is 13.2. The van der Waals surface area contributed by atoms with E-state index in [2.05, 4.69) is 4.74 Å². The molecule has 1 aromatic rings. The molecule has 8 nitrogen and oxygen atoms in total. The van der Waals surface area contributed by atoms with E-state index in [4.69, 9.17) is 0 Å². The molecule has 11 heteroatoms.